The van der Waals surface area contributed by atoms with Crippen molar-refractivity contribution in [2.75, 3.05) is 5.32 Å². The molecule has 2 amide bonds. The molecule has 108 valence electrons. The number of hydrogen-bond donors (Lipinski definition) is 2. The number of benzene rings is 2. The highest BCUT2D eigenvalue weighted by atomic mass is 16.2. The molecule has 2 aromatic carbocycles. The number of urea groups is 1. The molecule has 0 unspecified atom stereocenters. The minimum Gasteiger partial charge on any atom is -0.334 e. The van der Waals surface area contributed by atoms with E-state index in [2.05, 4.69) is 10.6 Å². The third-order valence-corrected chi connectivity index (χ3v) is 3.06. The van der Waals surface area contributed by atoms with E-state index in [0.717, 1.165) is 5.56 Å². The van der Waals surface area contributed by atoms with Crippen molar-refractivity contribution in [2.24, 2.45) is 0 Å². The van der Waals surface area contributed by atoms with Gasteiger partial charge in [-0.3, -0.25) is 4.79 Å². The van der Waals surface area contributed by atoms with Crippen molar-refractivity contribution in [3.8, 4) is 0 Å². The van der Waals surface area contributed by atoms with E-state index in [-0.39, 0.29) is 11.8 Å². The maximum Gasteiger partial charge on any atom is 0.319 e. The Labute approximate surface area is 124 Å². The molecule has 0 atom stereocenters. The SMILES string of the molecule is CCC(=O)c1cccc(NC(=O)NCc2ccccc2)c1. The average Bonchev–Trinajstić information content (AvgIpc) is 2.53. The van der Waals surface area contributed by atoms with Crippen LogP contribution in [0, 0.1) is 0 Å². The molecule has 0 aliphatic rings. The first kappa shape index (κ1) is 14.8. The van der Waals surface area contributed by atoms with Gasteiger partial charge in [-0.2, -0.15) is 0 Å². The average molecular weight is 282 g/mol. The molecule has 0 saturated heterocycles. The second kappa shape index (κ2) is 7.24. The lowest BCUT2D eigenvalue weighted by molar-refractivity contribution is 0.0988. The van der Waals surface area contributed by atoms with Crippen LogP contribution >= 0.6 is 0 Å². The first-order valence-corrected chi connectivity index (χ1v) is 6.91. The molecule has 0 fully saturated rings. The van der Waals surface area contributed by atoms with E-state index >= 15 is 0 Å². The van der Waals surface area contributed by atoms with Crippen LogP contribution in [0.3, 0.4) is 0 Å². The van der Waals surface area contributed by atoms with E-state index in [0.29, 0.717) is 24.2 Å². The van der Waals surface area contributed by atoms with Gasteiger partial charge in [0, 0.05) is 24.2 Å². The van der Waals surface area contributed by atoms with Crippen molar-refractivity contribution in [1.82, 2.24) is 5.32 Å². The molecule has 0 heterocycles. The van der Waals surface area contributed by atoms with Crippen molar-refractivity contribution >= 4 is 17.5 Å². The van der Waals surface area contributed by atoms with Gasteiger partial charge < -0.3 is 10.6 Å². The Bertz CT molecular complexity index is 624. The second-order valence-corrected chi connectivity index (χ2v) is 4.65. The molecule has 4 nitrogen and oxygen atoms in total. The highest BCUT2D eigenvalue weighted by molar-refractivity contribution is 5.98. The molecule has 0 aliphatic heterocycles. The van der Waals surface area contributed by atoms with Crippen molar-refractivity contribution < 1.29 is 9.59 Å². The molecule has 0 radical (unpaired) electrons. The summed E-state index contributed by atoms with van der Waals surface area (Å²) >= 11 is 0. The minimum atomic E-state index is -0.292. The van der Waals surface area contributed by atoms with Gasteiger partial charge in [0.05, 0.1) is 0 Å². The fourth-order valence-corrected chi connectivity index (χ4v) is 1.93. The molecule has 0 aliphatic carbocycles. The minimum absolute atomic E-state index is 0.0587. The Morgan fingerprint density at radius 2 is 1.76 bits per heavy atom. The van der Waals surface area contributed by atoms with E-state index in [4.69, 9.17) is 0 Å². The maximum absolute atomic E-state index is 11.8. The van der Waals surface area contributed by atoms with Crippen LogP contribution in [0.4, 0.5) is 10.5 Å². The number of amides is 2. The predicted octanol–water partition coefficient (Wildman–Crippen LogP) is 3.60. The van der Waals surface area contributed by atoms with Crippen molar-refractivity contribution in [3.05, 3.63) is 65.7 Å². The number of ketones is 1. The topological polar surface area (TPSA) is 58.2 Å². The summed E-state index contributed by atoms with van der Waals surface area (Å²) in [5.41, 5.74) is 2.25. The monoisotopic (exact) mass is 282 g/mol. The quantitative estimate of drug-likeness (QED) is 0.823. The fourth-order valence-electron chi connectivity index (χ4n) is 1.93. The summed E-state index contributed by atoms with van der Waals surface area (Å²) in [6.07, 6.45) is 0.448. The van der Waals surface area contributed by atoms with Crippen LogP contribution in [0.25, 0.3) is 0 Å². The van der Waals surface area contributed by atoms with E-state index in [1.54, 1.807) is 24.3 Å². The molecule has 0 bridgehead atoms. The van der Waals surface area contributed by atoms with Gasteiger partial charge in [0.1, 0.15) is 0 Å². The number of nitrogens with one attached hydrogen (secondary N) is 2. The van der Waals surface area contributed by atoms with Crippen LogP contribution in [-0.2, 0) is 6.54 Å². The Kier molecular flexibility index (Phi) is 5.10. The van der Waals surface area contributed by atoms with Crippen LogP contribution < -0.4 is 10.6 Å². The predicted molar refractivity (Wildman–Crippen MR) is 83.4 cm³/mol. The summed E-state index contributed by atoms with van der Waals surface area (Å²) in [6, 6.07) is 16.3. The summed E-state index contributed by atoms with van der Waals surface area (Å²) in [6.45, 7) is 2.27. The molecular weight excluding hydrogens is 264 g/mol. The number of anilines is 1. The van der Waals surface area contributed by atoms with E-state index in [1.807, 2.05) is 37.3 Å². The molecule has 2 rings (SSSR count). The number of carbonyl (C=O) groups is 2. The van der Waals surface area contributed by atoms with E-state index < -0.39 is 0 Å². The second-order valence-electron chi connectivity index (χ2n) is 4.65. The summed E-state index contributed by atoms with van der Waals surface area (Å²) in [4.78, 5) is 23.5. The largest absolute Gasteiger partial charge is 0.334 e. The number of Topliss-reactive ketones (excluding diaryl/α,β-unsaturated/α-hetero) is 1. The van der Waals surface area contributed by atoms with E-state index in [9.17, 15) is 9.59 Å². The van der Waals surface area contributed by atoms with Crippen LogP contribution in [-0.4, -0.2) is 11.8 Å². The highest BCUT2D eigenvalue weighted by Crippen LogP contribution is 2.12. The van der Waals surface area contributed by atoms with Gasteiger partial charge in [-0.05, 0) is 17.7 Å². The van der Waals surface area contributed by atoms with Crippen molar-refractivity contribution in [3.63, 3.8) is 0 Å². The molecule has 21 heavy (non-hydrogen) atoms. The first-order valence-electron chi connectivity index (χ1n) is 6.91. The lowest BCUT2D eigenvalue weighted by Gasteiger charge is -2.08. The molecule has 2 N–H and O–H groups in total. The van der Waals surface area contributed by atoms with Crippen LogP contribution in [0.1, 0.15) is 29.3 Å². The smallest absolute Gasteiger partial charge is 0.319 e. The maximum atomic E-state index is 11.8. The summed E-state index contributed by atoms with van der Waals surface area (Å²) in [7, 11) is 0. The number of rotatable bonds is 5. The Morgan fingerprint density at radius 1 is 1.00 bits per heavy atom. The van der Waals surface area contributed by atoms with E-state index in [1.165, 1.54) is 0 Å². The van der Waals surface area contributed by atoms with Gasteiger partial charge in [-0.15, -0.1) is 0 Å². The van der Waals surface area contributed by atoms with Crippen molar-refractivity contribution in [1.29, 1.82) is 0 Å². The third-order valence-electron chi connectivity index (χ3n) is 3.06. The number of hydrogen-bond acceptors (Lipinski definition) is 2. The van der Waals surface area contributed by atoms with Crippen LogP contribution in [0.2, 0.25) is 0 Å². The molecule has 2 aromatic rings. The molecule has 0 saturated carbocycles. The van der Waals surface area contributed by atoms with Gasteiger partial charge in [0.15, 0.2) is 5.78 Å². The normalized spacial score (nSPS) is 9.95. The van der Waals surface area contributed by atoms with Gasteiger partial charge >= 0.3 is 6.03 Å². The van der Waals surface area contributed by atoms with Crippen LogP contribution in [0.15, 0.2) is 54.6 Å². The molecule has 0 spiro atoms. The summed E-state index contributed by atoms with van der Waals surface area (Å²) in [5.74, 6) is 0.0587. The van der Waals surface area contributed by atoms with Gasteiger partial charge in [-0.25, -0.2) is 4.79 Å². The Balaban J connectivity index is 1.92. The highest BCUT2D eigenvalue weighted by Gasteiger charge is 2.06. The van der Waals surface area contributed by atoms with Crippen LogP contribution in [0.5, 0.6) is 0 Å². The standard InChI is InChI=1S/C17H18N2O2/c1-2-16(20)14-9-6-10-15(11-14)19-17(21)18-12-13-7-4-3-5-8-13/h3-11H,2,12H2,1H3,(H2,18,19,21). The zero-order valence-corrected chi connectivity index (χ0v) is 11.9. The summed E-state index contributed by atoms with van der Waals surface area (Å²) < 4.78 is 0. The zero-order chi connectivity index (χ0) is 15.1. The van der Waals surface area contributed by atoms with Gasteiger partial charge in [0.2, 0.25) is 0 Å². The molecular formula is C17H18N2O2. The zero-order valence-electron chi connectivity index (χ0n) is 11.9. The van der Waals surface area contributed by atoms with Gasteiger partial charge in [0.25, 0.3) is 0 Å². The third kappa shape index (κ3) is 4.45. The Morgan fingerprint density at radius 3 is 2.48 bits per heavy atom. The van der Waals surface area contributed by atoms with Crippen molar-refractivity contribution in [2.45, 2.75) is 19.9 Å². The lowest BCUT2D eigenvalue weighted by atomic mass is 10.1. The first-order chi connectivity index (χ1) is 10.2. The number of carbonyl (C=O) groups excluding carboxylic acids is 2. The summed E-state index contributed by atoms with van der Waals surface area (Å²) in [5, 5.41) is 5.50. The van der Waals surface area contributed by atoms with Gasteiger partial charge in [-0.1, -0.05) is 49.4 Å². The Hall–Kier alpha value is -2.62. The molecule has 4 heteroatoms. The lowest BCUT2D eigenvalue weighted by Crippen LogP contribution is -2.28. The molecule has 0 aromatic heterocycles. The fraction of sp³-hybridized carbons (Fsp3) is 0.176.